The highest BCUT2D eigenvalue weighted by Crippen LogP contribution is 2.89. The molecule has 2 spiro atoms. The molecular formula is C38H61NO8. The molecule has 47 heavy (non-hydrogen) atoms. The van der Waals surface area contributed by atoms with E-state index in [2.05, 4.69) is 39.5 Å². The Hall–Kier alpha value is -0.810. The van der Waals surface area contributed by atoms with Crippen LogP contribution in [0.4, 0.5) is 0 Å². The zero-order chi connectivity index (χ0) is 33.5. The normalized spacial score (nSPS) is 54.4. The number of esters is 1. The Kier molecular flexibility index (Phi) is 7.53. The van der Waals surface area contributed by atoms with E-state index in [9.17, 15) is 20.1 Å². The van der Waals surface area contributed by atoms with E-state index >= 15 is 0 Å². The Morgan fingerprint density at radius 1 is 1.00 bits per heavy atom. The summed E-state index contributed by atoms with van der Waals surface area (Å²) in [5.41, 5.74) is -1.04. The lowest BCUT2D eigenvalue weighted by atomic mass is 9.41. The Morgan fingerprint density at radius 2 is 1.72 bits per heavy atom. The van der Waals surface area contributed by atoms with Crippen molar-refractivity contribution >= 4 is 5.97 Å². The molecule has 3 aliphatic heterocycles. The quantitative estimate of drug-likeness (QED) is 0.372. The number of carbonyl (C=O) groups excluding carboxylic acids is 1. The second kappa shape index (κ2) is 10.6. The van der Waals surface area contributed by atoms with E-state index < -0.39 is 23.9 Å². The van der Waals surface area contributed by atoms with E-state index in [0.717, 1.165) is 45.1 Å². The predicted molar refractivity (Wildman–Crippen MR) is 174 cm³/mol. The molecule has 0 amide bonds. The molecule has 5 aliphatic carbocycles. The maximum atomic E-state index is 12.4. The molecule has 9 heteroatoms. The third-order valence-electron chi connectivity index (χ3n) is 16.6. The Bertz CT molecular complexity index is 1270. The SMILES string of the molecule is C[C@@H]1CC(C(O)C(C)(C)O)OC2C1C1(C)CCC34CC35CCC(OC3CN([C@@H]6CCOC6=O)CCO3)C(C)(C)[C@@H]5CCC4[C@]1(C)[C@H]2O. The lowest BCUT2D eigenvalue weighted by Crippen LogP contribution is -2.60. The Morgan fingerprint density at radius 3 is 2.43 bits per heavy atom. The molecule has 3 heterocycles. The number of morpholine rings is 1. The maximum Gasteiger partial charge on any atom is 0.323 e. The molecule has 0 bridgehead atoms. The van der Waals surface area contributed by atoms with Gasteiger partial charge in [0, 0.05) is 18.4 Å². The fourth-order valence-corrected chi connectivity index (χ4v) is 14.2. The van der Waals surface area contributed by atoms with Crippen molar-refractivity contribution < 1.29 is 39.1 Å². The van der Waals surface area contributed by atoms with E-state index in [-0.39, 0.29) is 63.5 Å². The largest absolute Gasteiger partial charge is 0.464 e. The molecule has 266 valence electrons. The van der Waals surface area contributed by atoms with Gasteiger partial charge in [-0.05, 0) is 111 Å². The van der Waals surface area contributed by atoms with Gasteiger partial charge in [0.15, 0.2) is 6.29 Å². The highest BCUT2D eigenvalue weighted by atomic mass is 16.7. The van der Waals surface area contributed by atoms with Gasteiger partial charge in [0.1, 0.15) is 12.1 Å². The van der Waals surface area contributed by atoms with Gasteiger partial charge in [0.05, 0.1) is 49.8 Å². The van der Waals surface area contributed by atoms with Crippen molar-refractivity contribution in [3.8, 4) is 0 Å². The average Bonchev–Trinajstić information content (AvgIpc) is 3.41. The summed E-state index contributed by atoms with van der Waals surface area (Å²) >= 11 is 0. The summed E-state index contributed by atoms with van der Waals surface area (Å²) in [6, 6.07) is -0.173. The molecule has 3 N–H and O–H groups in total. The van der Waals surface area contributed by atoms with Crippen LogP contribution in [0.3, 0.4) is 0 Å². The third kappa shape index (κ3) is 4.35. The number of carbonyl (C=O) groups is 1. The van der Waals surface area contributed by atoms with Crippen LogP contribution in [-0.2, 0) is 23.7 Å². The van der Waals surface area contributed by atoms with E-state index in [1.165, 1.54) is 12.8 Å². The van der Waals surface area contributed by atoms with Crippen LogP contribution in [0.15, 0.2) is 0 Å². The first-order valence-corrected chi connectivity index (χ1v) is 18.9. The average molecular weight is 660 g/mol. The van der Waals surface area contributed by atoms with Crippen LogP contribution >= 0.6 is 0 Å². The summed E-state index contributed by atoms with van der Waals surface area (Å²) in [6.07, 6.45) is 6.87. The number of hydrogen-bond acceptors (Lipinski definition) is 9. The number of nitrogens with zero attached hydrogens (tertiary/aromatic N) is 1. The van der Waals surface area contributed by atoms with E-state index in [1.54, 1.807) is 13.8 Å². The molecule has 0 aromatic heterocycles. The minimum atomic E-state index is -1.26. The second-order valence-corrected chi connectivity index (χ2v) is 19.0. The predicted octanol–water partition coefficient (Wildman–Crippen LogP) is 4.29. The number of aliphatic hydroxyl groups is 3. The van der Waals surface area contributed by atoms with E-state index in [4.69, 9.17) is 18.9 Å². The van der Waals surface area contributed by atoms with Crippen molar-refractivity contribution in [2.45, 2.75) is 155 Å². The zero-order valence-electron chi connectivity index (χ0n) is 29.9. The van der Waals surface area contributed by atoms with E-state index in [0.29, 0.717) is 43.9 Å². The number of aliphatic hydroxyl groups excluding tert-OH is 2. The van der Waals surface area contributed by atoms with Crippen LogP contribution in [0.1, 0.15) is 106 Å². The fraction of sp³-hybridized carbons (Fsp3) is 0.974. The van der Waals surface area contributed by atoms with Crippen LogP contribution in [0.5, 0.6) is 0 Å². The summed E-state index contributed by atoms with van der Waals surface area (Å²) in [5.74, 6) is 1.41. The monoisotopic (exact) mass is 659 g/mol. The Labute approximate surface area is 281 Å². The van der Waals surface area contributed by atoms with Crippen LogP contribution in [0, 0.1) is 50.7 Å². The van der Waals surface area contributed by atoms with Crippen molar-refractivity contribution in [1.29, 1.82) is 0 Å². The lowest BCUT2D eigenvalue weighted by Gasteiger charge is -2.64. The molecule has 8 rings (SSSR count). The third-order valence-corrected chi connectivity index (χ3v) is 16.6. The van der Waals surface area contributed by atoms with Gasteiger partial charge in [-0.15, -0.1) is 0 Å². The molecule has 8 aliphatic rings. The molecule has 10 unspecified atom stereocenters. The van der Waals surface area contributed by atoms with Crippen molar-refractivity contribution in [1.82, 2.24) is 4.90 Å². The van der Waals surface area contributed by atoms with Crippen molar-refractivity contribution in [2.24, 2.45) is 50.7 Å². The van der Waals surface area contributed by atoms with Crippen LogP contribution in [-0.4, -0.2) is 101 Å². The Balaban J connectivity index is 1.02. The molecule has 5 saturated carbocycles. The number of cyclic esters (lactones) is 1. The summed E-state index contributed by atoms with van der Waals surface area (Å²) < 4.78 is 24.9. The van der Waals surface area contributed by atoms with Gasteiger partial charge < -0.3 is 34.3 Å². The topological polar surface area (TPSA) is 118 Å². The number of rotatable bonds is 5. The maximum absolute atomic E-state index is 12.4. The van der Waals surface area contributed by atoms with Crippen molar-refractivity contribution in [3.63, 3.8) is 0 Å². The molecule has 3 saturated heterocycles. The minimum Gasteiger partial charge on any atom is -0.464 e. The van der Waals surface area contributed by atoms with Gasteiger partial charge in [-0.3, -0.25) is 9.69 Å². The number of hydrogen-bond donors (Lipinski definition) is 3. The molecule has 15 atom stereocenters. The first kappa shape index (κ1) is 33.3. The highest BCUT2D eigenvalue weighted by Gasteiger charge is 2.84. The summed E-state index contributed by atoms with van der Waals surface area (Å²) in [7, 11) is 0. The smallest absolute Gasteiger partial charge is 0.323 e. The minimum absolute atomic E-state index is 0.00728. The summed E-state index contributed by atoms with van der Waals surface area (Å²) in [6.45, 7) is 17.7. The fourth-order valence-electron chi connectivity index (χ4n) is 14.2. The standard InChI is InChI=1S/C38H61NO8/c1-21-18-23(30(40)34(4,5)43)46-29-28(21)35(6)13-14-38-20-37(38)12-10-26(33(2,3)24(37)8-9-25(38)36(35,7)31(29)41)47-27-19-39(15-17-44-27)22-11-16-45-32(22)42/h21-31,40-41,43H,8-20H2,1-7H3/t21-,22-,23?,24+,25?,26?,27?,28?,29?,30?,31+,35?,36-,37?,38?/m1/s1. The number of fused-ring (bicyclic) bond motifs is 4. The first-order chi connectivity index (χ1) is 22.0. The van der Waals surface area contributed by atoms with Crippen LogP contribution in [0.2, 0.25) is 0 Å². The van der Waals surface area contributed by atoms with Crippen LogP contribution in [0.25, 0.3) is 0 Å². The molecular weight excluding hydrogens is 598 g/mol. The van der Waals surface area contributed by atoms with Gasteiger partial charge in [0.25, 0.3) is 0 Å². The molecule has 0 radical (unpaired) electrons. The second-order valence-electron chi connectivity index (χ2n) is 19.0. The van der Waals surface area contributed by atoms with E-state index in [1.807, 2.05) is 0 Å². The molecule has 9 nitrogen and oxygen atoms in total. The van der Waals surface area contributed by atoms with Gasteiger partial charge in [-0.2, -0.15) is 0 Å². The highest BCUT2D eigenvalue weighted by molar-refractivity contribution is 5.77. The summed E-state index contributed by atoms with van der Waals surface area (Å²) in [4.78, 5) is 14.5. The van der Waals surface area contributed by atoms with Gasteiger partial charge in [-0.1, -0.05) is 34.6 Å². The molecule has 8 fully saturated rings. The van der Waals surface area contributed by atoms with Crippen molar-refractivity contribution in [2.75, 3.05) is 26.3 Å². The molecule has 0 aromatic carbocycles. The lowest BCUT2D eigenvalue weighted by molar-refractivity contribution is -0.250. The van der Waals surface area contributed by atoms with Gasteiger partial charge in [-0.25, -0.2) is 0 Å². The molecule has 0 aromatic rings. The summed E-state index contributed by atoms with van der Waals surface area (Å²) in [5, 5.41) is 34.1. The first-order valence-electron chi connectivity index (χ1n) is 18.9. The van der Waals surface area contributed by atoms with Gasteiger partial charge >= 0.3 is 5.97 Å². The van der Waals surface area contributed by atoms with Crippen LogP contribution < -0.4 is 0 Å². The number of ether oxygens (including phenoxy) is 4. The van der Waals surface area contributed by atoms with Crippen molar-refractivity contribution in [3.05, 3.63) is 0 Å². The zero-order valence-corrected chi connectivity index (χ0v) is 29.9. The van der Waals surface area contributed by atoms with Gasteiger partial charge in [0.2, 0.25) is 0 Å².